The maximum Gasteiger partial charge on any atom is 0.232 e. The maximum atomic E-state index is 9.98. The van der Waals surface area contributed by atoms with E-state index in [2.05, 4.69) is 15.1 Å². The highest BCUT2D eigenvalue weighted by Crippen LogP contribution is 2.32. The molecule has 5 heteroatoms. The summed E-state index contributed by atoms with van der Waals surface area (Å²) in [6, 6.07) is 5.75. The molecule has 0 radical (unpaired) electrons. The third-order valence-electron chi connectivity index (χ3n) is 3.60. The van der Waals surface area contributed by atoms with Gasteiger partial charge in [-0.2, -0.15) is 4.98 Å². The van der Waals surface area contributed by atoms with E-state index in [1.54, 1.807) is 6.20 Å². The summed E-state index contributed by atoms with van der Waals surface area (Å²) in [6.45, 7) is 0. The van der Waals surface area contributed by atoms with Crippen LogP contribution in [0.2, 0.25) is 0 Å². The van der Waals surface area contributed by atoms with Crippen molar-refractivity contribution in [1.29, 1.82) is 0 Å². The molecule has 19 heavy (non-hydrogen) atoms. The van der Waals surface area contributed by atoms with Crippen LogP contribution < -0.4 is 0 Å². The lowest BCUT2D eigenvalue weighted by Gasteiger charge is -2.24. The number of aliphatic hydroxyl groups is 1. The molecule has 2 aromatic rings. The predicted molar refractivity (Wildman–Crippen MR) is 68.6 cm³/mol. The van der Waals surface area contributed by atoms with Gasteiger partial charge in [0, 0.05) is 11.9 Å². The van der Waals surface area contributed by atoms with Crippen molar-refractivity contribution in [3.63, 3.8) is 0 Å². The lowest BCUT2D eigenvalue weighted by Crippen LogP contribution is -2.22. The lowest BCUT2D eigenvalue weighted by molar-refractivity contribution is 0.0908. The molecule has 0 aliphatic heterocycles. The minimum Gasteiger partial charge on any atom is -0.392 e. The van der Waals surface area contributed by atoms with E-state index in [9.17, 15) is 5.11 Å². The van der Waals surface area contributed by atoms with Gasteiger partial charge in [-0.05, 0) is 25.0 Å². The van der Waals surface area contributed by atoms with Gasteiger partial charge < -0.3 is 9.63 Å². The Bertz CT molecular complexity index is 526. The number of aromatic nitrogens is 3. The molecule has 1 aliphatic rings. The Kier molecular flexibility index (Phi) is 3.55. The monoisotopic (exact) mass is 259 g/mol. The molecular formula is C14H17N3O2. The second kappa shape index (κ2) is 5.48. The average molecular weight is 259 g/mol. The minimum absolute atomic E-state index is 0.00117. The molecule has 2 unspecified atom stereocenters. The Labute approximate surface area is 111 Å². The van der Waals surface area contributed by atoms with Crippen LogP contribution in [-0.4, -0.2) is 26.3 Å². The van der Waals surface area contributed by atoms with Gasteiger partial charge in [0.05, 0.1) is 18.4 Å². The summed E-state index contributed by atoms with van der Waals surface area (Å²) in [6.07, 6.45) is 5.90. The molecule has 2 aromatic heterocycles. The van der Waals surface area contributed by atoms with Gasteiger partial charge in [-0.3, -0.25) is 4.98 Å². The van der Waals surface area contributed by atoms with E-state index < -0.39 is 0 Å². The first-order valence-corrected chi connectivity index (χ1v) is 6.73. The highest BCUT2D eigenvalue weighted by Gasteiger charge is 2.29. The van der Waals surface area contributed by atoms with Crippen LogP contribution >= 0.6 is 0 Å². The normalized spacial score (nSPS) is 23.4. The van der Waals surface area contributed by atoms with Gasteiger partial charge >= 0.3 is 0 Å². The molecule has 0 saturated heterocycles. The van der Waals surface area contributed by atoms with Crippen molar-refractivity contribution in [2.24, 2.45) is 0 Å². The number of hydrogen-bond donors (Lipinski definition) is 1. The van der Waals surface area contributed by atoms with Gasteiger partial charge in [0.25, 0.3) is 0 Å². The topological polar surface area (TPSA) is 72.0 Å². The zero-order valence-corrected chi connectivity index (χ0v) is 10.7. The summed E-state index contributed by atoms with van der Waals surface area (Å²) in [4.78, 5) is 8.64. The maximum absolute atomic E-state index is 9.98. The van der Waals surface area contributed by atoms with Crippen LogP contribution in [0.4, 0.5) is 0 Å². The molecule has 5 nitrogen and oxygen atoms in total. The first-order valence-electron chi connectivity index (χ1n) is 6.73. The van der Waals surface area contributed by atoms with Crippen LogP contribution in [0, 0.1) is 0 Å². The van der Waals surface area contributed by atoms with Crippen LogP contribution in [0.3, 0.4) is 0 Å². The standard InChI is InChI=1S/C14H17N3O2/c18-12-7-2-1-6-11(12)14-16-13(17-19-14)9-10-5-3-4-8-15-10/h3-5,8,11-12,18H,1-2,6-7,9H2. The van der Waals surface area contributed by atoms with Crippen molar-refractivity contribution in [2.45, 2.75) is 44.1 Å². The quantitative estimate of drug-likeness (QED) is 0.913. The Hall–Kier alpha value is -1.75. The molecule has 100 valence electrons. The highest BCUT2D eigenvalue weighted by molar-refractivity contribution is 5.10. The van der Waals surface area contributed by atoms with E-state index in [0.29, 0.717) is 18.1 Å². The van der Waals surface area contributed by atoms with Crippen LogP contribution in [0.5, 0.6) is 0 Å². The Morgan fingerprint density at radius 1 is 1.26 bits per heavy atom. The second-order valence-corrected chi connectivity index (χ2v) is 5.00. The molecule has 2 heterocycles. The number of aliphatic hydroxyl groups excluding tert-OH is 1. The Morgan fingerprint density at radius 2 is 2.16 bits per heavy atom. The van der Waals surface area contributed by atoms with Crippen molar-refractivity contribution in [3.8, 4) is 0 Å². The molecule has 1 N–H and O–H groups in total. The third kappa shape index (κ3) is 2.81. The summed E-state index contributed by atoms with van der Waals surface area (Å²) >= 11 is 0. The first-order chi connectivity index (χ1) is 9.33. The van der Waals surface area contributed by atoms with E-state index in [0.717, 1.165) is 31.4 Å². The van der Waals surface area contributed by atoms with E-state index >= 15 is 0 Å². The molecule has 3 rings (SSSR count). The summed E-state index contributed by atoms with van der Waals surface area (Å²) < 4.78 is 5.30. The molecule has 0 bridgehead atoms. The van der Waals surface area contributed by atoms with Gasteiger partial charge in [0.15, 0.2) is 5.82 Å². The summed E-state index contributed by atoms with van der Waals surface area (Å²) in [5, 5.41) is 14.0. The van der Waals surface area contributed by atoms with Crippen LogP contribution in [0.25, 0.3) is 0 Å². The molecule has 0 spiro atoms. The fraction of sp³-hybridized carbons (Fsp3) is 0.500. The van der Waals surface area contributed by atoms with Crippen molar-refractivity contribution in [2.75, 3.05) is 0 Å². The number of hydrogen-bond acceptors (Lipinski definition) is 5. The second-order valence-electron chi connectivity index (χ2n) is 5.00. The van der Waals surface area contributed by atoms with E-state index in [4.69, 9.17) is 4.52 Å². The molecule has 1 saturated carbocycles. The van der Waals surface area contributed by atoms with Crippen LogP contribution in [0.1, 0.15) is 49.0 Å². The summed E-state index contributed by atoms with van der Waals surface area (Å²) in [5.41, 5.74) is 0.916. The number of rotatable bonds is 3. The molecule has 1 aliphatic carbocycles. The highest BCUT2D eigenvalue weighted by atomic mass is 16.5. The fourth-order valence-corrected chi connectivity index (χ4v) is 2.55. The molecule has 0 aromatic carbocycles. The number of nitrogens with zero attached hydrogens (tertiary/aromatic N) is 3. The largest absolute Gasteiger partial charge is 0.392 e. The lowest BCUT2D eigenvalue weighted by atomic mass is 9.86. The van der Waals surface area contributed by atoms with E-state index in [1.165, 1.54) is 0 Å². The van der Waals surface area contributed by atoms with Crippen LogP contribution in [0.15, 0.2) is 28.9 Å². The average Bonchev–Trinajstić information content (AvgIpc) is 2.89. The molecule has 0 amide bonds. The van der Waals surface area contributed by atoms with E-state index in [-0.39, 0.29) is 12.0 Å². The SMILES string of the molecule is OC1CCCCC1c1nc(Cc2ccccn2)no1. The summed E-state index contributed by atoms with van der Waals surface area (Å²) in [7, 11) is 0. The van der Waals surface area contributed by atoms with Gasteiger partial charge in [0.1, 0.15) is 0 Å². The predicted octanol–water partition coefficient (Wildman–Crippen LogP) is 2.07. The minimum atomic E-state index is -0.350. The van der Waals surface area contributed by atoms with Gasteiger partial charge in [-0.1, -0.05) is 24.1 Å². The zero-order valence-electron chi connectivity index (χ0n) is 10.7. The van der Waals surface area contributed by atoms with Crippen molar-refractivity contribution < 1.29 is 9.63 Å². The van der Waals surface area contributed by atoms with Crippen LogP contribution in [-0.2, 0) is 6.42 Å². The van der Waals surface area contributed by atoms with Crippen molar-refractivity contribution in [1.82, 2.24) is 15.1 Å². The van der Waals surface area contributed by atoms with Crippen molar-refractivity contribution >= 4 is 0 Å². The van der Waals surface area contributed by atoms with Crippen molar-refractivity contribution in [3.05, 3.63) is 41.8 Å². The zero-order chi connectivity index (χ0) is 13.1. The Balaban J connectivity index is 1.72. The number of pyridine rings is 1. The van der Waals surface area contributed by atoms with Gasteiger partial charge in [0.2, 0.25) is 5.89 Å². The van der Waals surface area contributed by atoms with Gasteiger partial charge in [-0.15, -0.1) is 0 Å². The van der Waals surface area contributed by atoms with Gasteiger partial charge in [-0.25, -0.2) is 0 Å². The molecule has 2 atom stereocenters. The molecule has 1 fully saturated rings. The fourth-order valence-electron chi connectivity index (χ4n) is 2.55. The van der Waals surface area contributed by atoms with E-state index in [1.807, 2.05) is 18.2 Å². The third-order valence-corrected chi connectivity index (χ3v) is 3.60. The Morgan fingerprint density at radius 3 is 2.95 bits per heavy atom. The molecular weight excluding hydrogens is 242 g/mol. The smallest absolute Gasteiger partial charge is 0.232 e. The summed E-state index contributed by atoms with van der Waals surface area (Å²) in [5.74, 6) is 1.20. The first kappa shape index (κ1) is 12.3.